The number of ether oxygens (including phenoxy) is 2. The molecule has 6 heteroatoms. The number of carbonyl (C=O) groups excluding carboxylic acids is 2. The van der Waals surface area contributed by atoms with E-state index < -0.39 is 5.97 Å². The quantitative estimate of drug-likeness (QED) is 0.633. The number of carbonyl (C=O) groups is 2. The molecule has 1 aromatic carbocycles. The molecular formula is C18H16O5S. The van der Waals surface area contributed by atoms with Crippen LogP contribution in [0.3, 0.4) is 0 Å². The highest BCUT2D eigenvalue weighted by Gasteiger charge is 2.22. The predicted octanol–water partition coefficient (Wildman–Crippen LogP) is 3.96. The molecule has 0 aliphatic rings. The smallest absolute Gasteiger partial charge is 0.374 e. The Labute approximate surface area is 142 Å². The van der Waals surface area contributed by atoms with Gasteiger partial charge in [0.25, 0.3) is 0 Å². The average molecular weight is 344 g/mol. The minimum absolute atomic E-state index is 0.0336. The van der Waals surface area contributed by atoms with Crippen LogP contribution in [0.5, 0.6) is 0 Å². The van der Waals surface area contributed by atoms with E-state index in [0.29, 0.717) is 11.1 Å². The maximum atomic E-state index is 12.1. The summed E-state index contributed by atoms with van der Waals surface area (Å²) in [7, 11) is 0. The lowest BCUT2D eigenvalue weighted by Crippen LogP contribution is -2.11. The van der Waals surface area contributed by atoms with Crippen LogP contribution in [0.25, 0.3) is 11.0 Å². The van der Waals surface area contributed by atoms with E-state index >= 15 is 0 Å². The Balaban J connectivity index is 1.80. The molecule has 0 aliphatic heterocycles. The van der Waals surface area contributed by atoms with Crippen LogP contribution in [-0.2, 0) is 27.3 Å². The van der Waals surface area contributed by atoms with E-state index in [9.17, 15) is 9.59 Å². The summed E-state index contributed by atoms with van der Waals surface area (Å²) in [5.74, 6) is -0.826. The third-order valence-electron chi connectivity index (χ3n) is 3.47. The number of benzene rings is 1. The molecule has 2 heterocycles. The minimum Gasteiger partial charge on any atom is -0.460 e. The summed E-state index contributed by atoms with van der Waals surface area (Å²) in [6, 6.07) is 9.11. The number of thiophene rings is 1. The number of fused-ring (bicyclic) bond motifs is 1. The van der Waals surface area contributed by atoms with Gasteiger partial charge in [-0.15, -0.1) is 0 Å². The molecule has 0 saturated carbocycles. The second kappa shape index (κ2) is 7.31. The van der Waals surface area contributed by atoms with Gasteiger partial charge in [0.2, 0.25) is 5.76 Å². The molecule has 3 rings (SSSR count). The van der Waals surface area contributed by atoms with Gasteiger partial charge in [-0.2, -0.15) is 11.3 Å². The van der Waals surface area contributed by atoms with Crippen molar-refractivity contribution in [2.24, 2.45) is 0 Å². The van der Waals surface area contributed by atoms with Crippen molar-refractivity contribution in [2.45, 2.75) is 20.0 Å². The maximum absolute atomic E-state index is 12.1. The standard InChI is InChI=1S/C18H16O5S/c1-2-21-18(20)17-14(13-5-3-4-6-15(13)23-17)10-22-16(19)9-12-7-8-24-11-12/h3-8,11H,2,9-10H2,1H3. The first-order valence-electron chi connectivity index (χ1n) is 7.53. The summed E-state index contributed by atoms with van der Waals surface area (Å²) in [6.07, 6.45) is 0.202. The third kappa shape index (κ3) is 3.49. The van der Waals surface area contributed by atoms with Crippen LogP contribution >= 0.6 is 11.3 Å². The van der Waals surface area contributed by atoms with Crippen LogP contribution in [-0.4, -0.2) is 18.5 Å². The summed E-state index contributed by atoms with van der Waals surface area (Å²) in [5, 5.41) is 4.55. The lowest BCUT2D eigenvalue weighted by Gasteiger charge is -2.05. The van der Waals surface area contributed by atoms with E-state index in [1.54, 1.807) is 13.0 Å². The lowest BCUT2D eigenvalue weighted by molar-refractivity contribution is -0.144. The topological polar surface area (TPSA) is 65.7 Å². The summed E-state index contributed by atoms with van der Waals surface area (Å²) < 4.78 is 15.9. The molecule has 2 aromatic heterocycles. The van der Waals surface area contributed by atoms with Crippen molar-refractivity contribution >= 4 is 34.2 Å². The van der Waals surface area contributed by atoms with Gasteiger partial charge in [-0.1, -0.05) is 18.2 Å². The number of esters is 2. The molecule has 0 atom stereocenters. The van der Waals surface area contributed by atoms with E-state index in [4.69, 9.17) is 13.9 Å². The molecule has 3 aromatic rings. The Hall–Kier alpha value is -2.60. The van der Waals surface area contributed by atoms with Gasteiger partial charge in [0.1, 0.15) is 12.2 Å². The van der Waals surface area contributed by atoms with Gasteiger partial charge >= 0.3 is 11.9 Å². The largest absolute Gasteiger partial charge is 0.460 e. The van der Waals surface area contributed by atoms with Crippen molar-refractivity contribution < 1.29 is 23.5 Å². The molecule has 0 bridgehead atoms. The van der Waals surface area contributed by atoms with E-state index in [1.807, 2.05) is 35.0 Å². The molecule has 0 fully saturated rings. The first-order chi connectivity index (χ1) is 11.7. The zero-order chi connectivity index (χ0) is 16.9. The first-order valence-corrected chi connectivity index (χ1v) is 8.47. The second-order valence-electron chi connectivity index (χ2n) is 5.10. The highest BCUT2D eigenvalue weighted by molar-refractivity contribution is 7.07. The van der Waals surface area contributed by atoms with Crippen molar-refractivity contribution in [1.29, 1.82) is 0 Å². The summed E-state index contributed by atoms with van der Waals surface area (Å²) in [5.41, 5.74) is 2.00. The second-order valence-corrected chi connectivity index (χ2v) is 5.88. The fourth-order valence-corrected chi connectivity index (χ4v) is 3.04. The Morgan fingerprint density at radius 3 is 2.75 bits per heavy atom. The van der Waals surface area contributed by atoms with Crippen LogP contribution in [0.15, 0.2) is 45.5 Å². The lowest BCUT2D eigenvalue weighted by atomic mass is 10.1. The van der Waals surface area contributed by atoms with E-state index in [0.717, 1.165) is 10.9 Å². The van der Waals surface area contributed by atoms with Crippen LogP contribution in [0.2, 0.25) is 0 Å². The Bertz CT molecular complexity index is 848. The van der Waals surface area contributed by atoms with Gasteiger partial charge in [-0.25, -0.2) is 4.79 Å². The number of para-hydroxylation sites is 1. The number of hydrogen-bond acceptors (Lipinski definition) is 6. The zero-order valence-corrected chi connectivity index (χ0v) is 13.9. The van der Waals surface area contributed by atoms with Crippen molar-refractivity contribution in [3.63, 3.8) is 0 Å². The van der Waals surface area contributed by atoms with Crippen LogP contribution < -0.4 is 0 Å². The van der Waals surface area contributed by atoms with Gasteiger partial charge in [0, 0.05) is 5.39 Å². The van der Waals surface area contributed by atoms with Crippen LogP contribution in [0.1, 0.15) is 28.6 Å². The fraction of sp³-hybridized carbons (Fsp3) is 0.222. The minimum atomic E-state index is -0.558. The molecule has 5 nitrogen and oxygen atoms in total. The Kier molecular flexibility index (Phi) is 4.96. The van der Waals surface area contributed by atoms with Crippen molar-refractivity contribution in [3.8, 4) is 0 Å². The van der Waals surface area contributed by atoms with E-state index in [-0.39, 0.29) is 31.4 Å². The van der Waals surface area contributed by atoms with Crippen molar-refractivity contribution in [2.75, 3.05) is 6.61 Å². The van der Waals surface area contributed by atoms with Gasteiger partial charge in [-0.3, -0.25) is 4.79 Å². The van der Waals surface area contributed by atoms with E-state index in [2.05, 4.69) is 0 Å². The van der Waals surface area contributed by atoms with E-state index in [1.165, 1.54) is 11.3 Å². The molecular weight excluding hydrogens is 328 g/mol. The molecule has 0 N–H and O–H groups in total. The fourth-order valence-electron chi connectivity index (χ4n) is 2.37. The molecule has 0 aliphatic carbocycles. The Morgan fingerprint density at radius 2 is 2.00 bits per heavy atom. The molecule has 0 unspecified atom stereocenters. The molecule has 124 valence electrons. The molecule has 0 radical (unpaired) electrons. The molecule has 0 amide bonds. The number of furan rings is 1. The van der Waals surface area contributed by atoms with Crippen molar-refractivity contribution in [3.05, 3.63) is 58.0 Å². The third-order valence-corrected chi connectivity index (χ3v) is 4.20. The average Bonchev–Trinajstić information content (AvgIpc) is 3.20. The summed E-state index contributed by atoms with van der Waals surface area (Å²) >= 11 is 1.53. The normalized spacial score (nSPS) is 10.7. The van der Waals surface area contributed by atoms with Gasteiger partial charge in [0.15, 0.2) is 0 Å². The Morgan fingerprint density at radius 1 is 1.17 bits per heavy atom. The van der Waals surface area contributed by atoms with Gasteiger partial charge in [0.05, 0.1) is 18.6 Å². The highest BCUT2D eigenvalue weighted by atomic mass is 32.1. The van der Waals surface area contributed by atoms with Crippen molar-refractivity contribution in [1.82, 2.24) is 0 Å². The van der Waals surface area contributed by atoms with Crippen LogP contribution in [0.4, 0.5) is 0 Å². The summed E-state index contributed by atoms with van der Waals surface area (Å²) in [4.78, 5) is 24.1. The van der Waals surface area contributed by atoms with Crippen LogP contribution in [0, 0.1) is 0 Å². The molecule has 0 saturated heterocycles. The van der Waals surface area contributed by atoms with Gasteiger partial charge in [-0.05, 0) is 35.4 Å². The zero-order valence-electron chi connectivity index (χ0n) is 13.1. The summed E-state index contributed by atoms with van der Waals surface area (Å²) in [6.45, 7) is 1.93. The molecule has 24 heavy (non-hydrogen) atoms. The SMILES string of the molecule is CCOC(=O)c1oc2ccccc2c1COC(=O)Cc1ccsc1. The first kappa shape index (κ1) is 16.3. The predicted molar refractivity (Wildman–Crippen MR) is 90.0 cm³/mol. The van der Waals surface area contributed by atoms with Gasteiger partial charge < -0.3 is 13.9 Å². The highest BCUT2D eigenvalue weighted by Crippen LogP contribution is 2.27. The monoisotopic (exact) mass is 344 g/mol. The molecule has 0 spiro atoms. The maximum Gasteiger partial charge on any atom is 0.374 e. The number of hydrogen-bond donors (Lipinski definition) is 0. The number of rotatable bonds is 6.